The van der Waals surface area contributed by atoms with Crippen LogP contribution in [0.1, 0.15) is 55.4 Å². The minimum atomic E-state index is -1.15. The fourth-order valence-corrected chi connectivity index (χ4v) is 7.94. The van der Waals surface area contributed by atoms with Gasteiger partial charge < -0.3 is 41.9 Å². The smallest absolute Gasteiger partial charge is 0.252 e. The van der Waals surface area contributed by atoms with Crippen LogP contribution in [0.4, 0.5) is 17.2 Å². The second-order valence-corrected chi connectivity index (χ2v) is 16.2. The van der Waals surface area contributed by atoms with E-state index in [1.54, 1.807) is 35.6 Å². The van der Waals surface area contributed by atoms with Crippen molar-refractivity contribution < 1.29 is 19.5 Å². The molecule has 2 aliphatic heterocycles. The Labute approximate surface area is 323 Å². The van der Waals surface area contributed by atoms with Crippen LogP contribution < -0.4 is 31.9 Å². The van der Waals surface area contributed by atoms with Crippen LogP contribution in [0, 0.1) is 12.3 Å². The molecule has 54 heavy (non-hydrogen) atoms. The number of rotatable bonds is 9. The molecule has 0 saturated carbocycles. The van der Waals surface area contributed by atoms with Gasteiger partial charge in [-0.15, -0.1) is 21.5 Å². The SMILES string of the molecule is Cc1ncsc1-c1ccc([C@H](C)NC(=O)[C@@H]2C(N)[C@H](O)CN2C(=O)[C@@H](NC(=O)c2cccc(N3CCN(c4cc(Cl)nnc4N)CC3)c2)C(C)(C)C)cc1. The molecule has 6 rings (SSSR count). The number of aliphatic hydroxyl groups excluding tert-OH is 1. The highest BCUT2D eigenvalue weighted by atomic mass is 35.5. The van der Waals surface area contributed by atoms with Crippen molar-refractivity contribution in [2.24, 2.45) is 11.1 Å². The monoisotopic (exact) mass is 774 g/mol. The van der Waals surface area contributed by atoms with Crippen LogP contribution in [0.15, 0.2) is 60.1 Å². The number of aromatic nitrogens is 3. The number of nitrogens with zero attached hydrogens (tertiary/aromatic N) is 6. The van der Waals surface area contributed by atoms with E-state index in [2.05, 4.69) is 35.6 Å². The lowest BCUT2D eigenvalue weighted by Gasteiger charge is -2.37. The van der Waals surface area contributed by atoms with Gasteiger partial charge in [0.05, 0.1) is 40.0 Å². The third-order valence-corrected chi connectivity index (χ3v) is 11.3. The molecule has 0 aliphatic carbocycles. The molecule has 7 N–H and O–H groups in total. The van der Waals surface area contributed by atoms with Crippen molar-refractivity contribution in [3.05, 3.63) is 82.1 Å². The first-order valence-electron chi connectivity index (χ1n) is 17.9. The second-order valence-electron chi connectivity index (χ2n) is 14.9. The highest BCUT2D eigenvalue weighted by molar-refractivity contribution is 7.13. The quantitative estimate of drug-likeness (QED) is 0.167. The van der Waals surface area contributed by atoms with Crippen molar-refractivity contribution in [3.63, 3.8) is 0 Å². The fraction of sp³-hybridized carbons (Fsp3) is 0.421. The zero-order valence-electron chi connectivity index (χ0n) is 31.0. The molecule has 2 fully saturated rings. The fourth-order valence-electron chi connectivity index (χ4n) is 6.98. The lowest BCUT2D eigenvalue weighted by atomic mass is 9.85. The molecule has 2 aliphatic rings. The molecular formula is C38H47ClN10O4S. The number of β-amino-alcohol motifs (C(OH)–C–C–N with tert-alkyl or cyclic N) is 1. The number of carbonyl (C=O) groups excluding carboxylic acids is 3. The van der Waals surface area contributed by atoms with Gasteiger partial charge in [0, 0.05) is 50.0 Å². The number of hydrogen-bond donors (Lipinski definition) is 5. The zero-order chi connectivity index (χ0) is 38.9. The molecule has 5 atom stereocenters. The summed E-state index contributed by atoms with van der Waals surface area (Å²) in [5, 5.41) is 24.7. The van der Waals surface area contributed by atoms with Gasteiger partial charge in [0.2, 0.25) is 11.8 Å². The number of aryl methyl sites for hydroxylation is 1. The number of thiazole rings is 1. The molecule has 0 bridgehead atoms. The van der Waals surface area contributed by atoms with E-state index in [-0.39, 0.29) is 11.7 Å². The zero-order valence-corrected chi connectivity index (χ0v) is 32.6. The van der Waals surface area contributed by atoms with E-state index in [1.165, 1.54) is 4.90 Å². The van der Waals surface area contributed by atoms with Crippen molar-refractivity contribution in [1.82, 2.24) is 30.7 Å². The minimum Gasteiger partial charge on any atom is -0.390 e. The number of hydrogen-bond acceptors (Lipinski definition) is 12. The van der Waals surface area contributed by atoms with Gasteiger partial charge >= 0.3 is 0 Å². The van der Waals surface area contributed by atoms with Crippen LogP contribution in [0.3, 0.4) is 0 Å². The summed E-state index contributed by atoms with van der Waals surface area (Å²) in [5.74, 6) is -1.12. The van der Waals surface area contributed by atoms with Crippen LogP contribution in [-0.2, 0) is 9.59 Å². The summed E-state index contributed by atoms with van der Waals surface area (Å²) in [6, 6.07) is 13.2. The molecule has 2 aromatic heterocycles. The van der Waals surface area contributed by atoms with E-state index in [4.69, 9.17) is 23.1 Å². The molecular weight excluding hydrogens is 728 g/mol. The van der Waals surface area contributed by atoms with Crippen molar-refractivity contribution in [2.75, 3.05) is 48.3 Å². The van der Waals surface area contributed by atoms with Crippen LogP contribution >= 0.6 is 22.9 Å². The Bertz CT molecular complexity index is 2000. The Kier molecular flexibility index (Phi) is 11.4. The number of halogens is 1. The van der Waals surface area contributed by atoms with Gasteiger partial charge in [-0.25, -0.2) is 4.98 Å². The Morgan fingerprint density at radius 1 is 1.00 bits per heavy atom. The minimum absolute atomic E-state index is 0.146. The standard InChI is InChI=1S/C38H47ClN10O4S/c1-21(23-9-11-24(12-10-23)32-22(2)42-20-54-32)43-36(52)31-30(40)28(50)19-49(31)37(53)33(38(3,4)5)44-35(51)25-7-6-8-26(17-25)47-13-15-48(16-14-47)27-18-29(39)45-46-34(27)41/h6-12,17-18,20-21,28,30-31,33,50H,13-16,19,40H2,1-5H3,(H2,41,46)(H,43,52)(H,44,51)/t21-,28+,30?,31-,33+/m0/s1. The van der Waals surface area contributed by atoms with Crippen molar-refractivity contribution in [1.29, 1.82) is 0 Å². The number of amides is 3. The van der Waals surface area contributed by atoms with Crippen LogP contribution in [-0.4, -0.2) is 99.9 Å². The summed E-state index contributed by atoms with van der Waals surface area (Å²) in [4.78, 5) is 52.9. The van der Waals surface area contributed by atoms with Crippen molar-refractivity contribution in [3.8, 4) is 10.4 Å². The third kappa shape index (κ3) is 8.28. The van der Waals surface area contributed by atoms with Gasteiger partial charge in [0.25, 0.3) is 5.91 Å². The van der Waals surface area contributed by atoms with E-state index >= 15 is 0 Å². The number of nitrogen functional groups attached to an aromatic ring is 1. The number of nitrogens with one attached hydrogen (secondary N) is 2. The number of likely N-dealkylation sites (tertiary alicyclic amines) is 1. The summed E-state index contributed by atoms with van der Waals surface area (Å²) < 4.78 is 0. The Morgan fingerprint density at radius 2 is 1.69 bits per heavy atom. The molecule has 14 nitrogen and oxygen atoms in total. The number of carbonyl (C=O) groups is 3. The third-order valence-electron chi connectivity index (χ3n) is 10.1. The maximum absolute atomic E-state index is 14.3. The highest BCUT2D eigenvalue weighted by Gasteiger charge is 2.49. The maximum atomic E-state index is 14.3. The average Bonchev–Trinajstić information content (AvgIpc) is 3.72. The van der Waals surface area contributed by atoms with Gasteiger partial charge in [-0.2, -0.15) is 0 Å². The van der Waals surface area contributed by atoms with E-state index in [1.807, 2.05) is 70.5 Å². The van der Waals surface area contributed by atoms with Gasteiger partial charge in [0.1, 0.15) is 12.1 Å². The van der Waals surface area contributed by atoms with Gasteiger partial charge in [-0.3, -0.25) is 14.4 Å². The predicted octanol–water partition coefficient (Wildman–Crippen LogP) is 3.39. The summed E-state index contributed by atoms with van der Waals surface area (Å²) >= 11 is 7.62. The number of aliphatic hydroxyl groups is 1. The summed E-state index contributed by atoms with van der Waals surface area (Å²) in [6.45, 7) is 11.8. The molecule has 2 aromatic carbocycles. The largest absolute Gasteiger partial charge is 0.390 e. The molecule has 0 radical (unpaired) electrons. The maximum Gasteiger partial charge on any atom is 0.252 e. The van der Waals surface area contributed by atoms with Crippen molar-refractivity contribution >= 4 is 57.9 Å². The first kappa shape index (κ1) is 38.9. The van der Waals surface area contributed by atoms with Crippen LogP contribution in [0.5, 0.6) is 0 Å². The van der Waals surface area contributed by atoms with E-state index in [0.717, 1.165) is 33.1 Å². The highest BCUT2D eigenvalue weighted by Crippen LogP contribution is 2.31. The van der Waals surface area contributed by atoms with Crippen molar-refractivity contribution in [2.45, 2.75) is 64.9 Å². The van der Waals surface area contributed by atoms with E-state index < -0.39 is 53.4 Å². The van der Waals surface area contributed by atoms with E-state index in [9.17, 15) is 19.5 Å². The second kappa shape index (κ2) is 15.9. The van der Waals surface area contributed by atoms with Crippen LogP contribution in [0.25, 0.3) is 10.4 Å². The van der Waals surface area contributed by atoms with Gasteiger partial charge in [-0.05, 0) is 48.6 Å². The van der Waals surface area contributed by atoms with Crippen LogP contribution in [0.2, 0.25) is 5.15 Å². The Hall–Kier alpha value is -4.83. The number of nitrogens with two attached hydrogens (primary N) is 2. The summed E-state index contributed by atoms with van der Waals surface area (Å²) in [5.41, 5.74) is 18.3. The van der Waals surface area contributed by atoms with Gasteiger partial charge in [-0.1, -0.05) is 62.7 Å². The predicted molar refractivity (Wildman–Crippen MR) is 211 cm³/mol. The number of piperazine rings is 1. The summed E-state index contributed by atoms with van der Waals surface area (Å²) in [7, 11) is 0. The average molecular weight is 775 g/mol. The molecule has 3 amide bonds. The van der Waals surface area contributed by atoms with Gasteiger partial charge in [0.15, 0.2) is 11.0 Å². The molecule has 4 aromatic rings. The molecule has 4 heterocycles. The Balaban J connectivity index is 1.13. The molecule has 1 unspecified atom stereocenters. The molecule has 286 valence electrons. The topological polar surface area (TPSA) is 196 Å². The number of anilines is 3. The Morgan fingerprint density at radius 3 is 2.33 bits per heavy atom. The normalized spacial score (nSPS) is 20.1. The lowest BCUT2D eigenvalue weighted by Crippen LogP contribution is -2.60. The number of benzene rings is 2. The molecule has 0 spiro atoms. The lowest BCUT2D eigenvalue weighted by molar-refractivity contribution is -0.142. The first-order chi connectivity index (χ1) is 25.6. The van der Waals surface area contributed by atoms with E-state index in [0.29, 0.717) is 37.6 Å². The summed E-state index contributed by atoms with van der Waals surface area (Å²) in [6.07, 6.45) is -1.13. The molecule has 16 heteroatoms. The molecule has 2 saturated heterocycles. The first-order valence-corrected chi connectivity index (χ1v) is 19.1.